The maximum absolute atomic E-state index is 14.3. The van der Waals surface area contributed by atoms with Gasteiger partial charge in [0.15, 0.2) is 0 Å². The second-order valence-corrected chi connectivity index (χ2v) is 16.3. The molecule has 0 aliphatic heterocycles. The summed E-state index contributed by atoms with van der Waals surface area (Å²) in [7, 11) is -1.30. The zero-order valence-corrected chi connectivity index (χ0v) is 22.3. The summed E-state index contributed by atoms with van der Waals surface area (Å²) >= 11 is 1.37. The molecule has 0 fully saturated rings. The minimum Gasteiger partial charge on any atom is -0.361 e. The van der Waals surface area contributed by atoms with E-state index in [2.05, 4.69) is 34.9 Å². The van der Waals surface area contributed by atoms with Crippen molar-refractivity contribution in [1.82, 2.24) is 19.9 Å². The number of thiazole rings is 1. The van der Waals surface area contributed by atoms with Gasteiger partial charge < -0.3 is 14.6 Å². The Labute approximate surface area is 216 Å². The van der Waals surface area contributed by atoms with Crippen LogP contribution in [0, 0.1) is 5.82 Å². The maximum atomic E-state index is 14.3. The van der Waals surface area contributed by atoms with Gasteiger partial charge >= 0.3 is 6.18 Å². The zero-order valence-electron chi connectivity index (χ0n) is 20.5. The molecule has 2 aromatic heterocycles. The molecule has 1 N–H and O–H groups in total. The fraction of sp³-hybridized carbons (Fsp3) is 0.320. The molecule has 0 saturated heterocycles. The third-order valence-electron chi connectivity index (χ3n) is 5.75. The van der Waals surface area contributed by atoms with E-state index in [-0.39, 0.29) is 12.3 Å². The number of benzene rings is 2. The van der Waals surface area contributed by atoms with E-state index in [1.165, 1.54) is 11.3 Å². The Hall–Kier alpha value is -3.09. The van der Waals surface area contributed by atoms with Crippen LogP contribution < -0.4 is 5.32 Å². The van der Waals surface area contributed by atoms with Gasteiger partial charge in [0.2, 0.25) is 0 Å². The van der Waals surface area contributed by atoms with Crippen molar-refractivity contribution >= 4 is 36.4 Å². The highest BCUT2D eigenvalue weighted by molar-refractivity contribution is 7.13. The van der Waals surface area contributed by atoms with Gasteiger partial charge in [0.1, 0.15) is 12.5 Å². The minimum atomic E-state index is -4.76. The molecule has 0 atom stereocenters. The number of alkyl halides is 3. The molecule has 1 amide bonds. The maximum Gasteiger partial charge on any atom is 0.416 e. The molecule has 4 aromatic rings. The summed E-state index contributed by atoms with van der Waals surface area (Å²) in [5.74, 6) is -1.70. The average molecular weight is 551 g/mol. The normalized spacial score (nSPS) is 12.3. The summed E-state index contributed by atoms with van der Waals surface area (Å²) in [6.07, 6.45) is -1.54. The number of carbonyl (C=O) groups excluding carboxylic acids is 1. The van der Waals surface area contributed by atoms with E-state index in [1.54, 1.807) is 28.7 Å². The summed E-state index contributed by atoms with van der Waals surface area (Å²) in [6.45, 7) is 6.81. The Morgan fingerprint density at radius 1 is 1.22 bits per heavy atom. The minimum absolute atomic E-state index is 0.159. The standard InChI is InChI=1S/C25H26F4N4O2SSi/c1-37(2,3)8-7-35-15-33-13-32-21-10-16(22-12-30-14-36-22)9-17(23(21)33)24(34)31-11-18-19(25(27,28)29)5-4-6-20(18)26/h4-6,9-10,12-14H,7-8,11,15H2,1-3H3,(H,31,34). The predicted octanol–water partition coefficient (Wildman–Crippen LogP) is 6.56. The Kier molecular flexibility index (Phi) is 7.81. The van der Waals surface area contributed by atoms with Gasteiger partial charge in [-0.15, -0.1) is 11.3 Å². The highest BCUT2D eigenvalue weighted by Gasteiger charge is 2.34. The molecule has 4 rings (SSSR count). The number of ether oxygens (including phenoxy) is 1. The number of hydrogen-bond donors (Lipinski definition) is 1. The van der Waals surface area contributed by atoms with Crippen molar-refractivity contribution in [3.05, 3.63) is 70.9 Å². The van der Waals surface area contributed by atoms with Crippen LogP contribution in [0.5, 0.6) is 0 Å². The number of imidazole rings is 1. The number of halogens is 4. The number of hydrogen-bond acceptors (Lipinski definition) is 5. The summed E-state index contributed by atoms with van der Waals surface area (Å²) < 4.78 is 62.1. The van der Waals surface area contributed by atoms with Crippen LogP contribution in [-0.2, 0) is 24.2 Å². The number of nitrogens with zero attached hydrogens (tertiary/aromatic N) is 3. The summed E-state index contributed by atoms with van der Waals surface area (Å²) in [6, 6.07) is 7.14. The molecule has 0 radical (unpaired) electrons. The van der Waals surface area contributed by atoms with Gasteiger partial charge in [0.05, 0.1) is 38.9 Å². The van der Waals surface area contributed by atoms with Crippen molar-refractivity contribution < 1.29 is 27.1 Å². The van der Waals surface area contributed by atoms with Gasteiger partial charge in [-0.05, 0) is 35.9 Å². The van der Waals surface area contributed by atoms with Gasteiger partial charge in [0.25, 0.3) is 5.91 Å². The van der Waals surface area contributed by atoms with Gasteiger partial charge in [-0.3, -0.25) is 9.78 Å². The van der Waals surface area contributed by atoms with Crippen molar-refractivity contribution in [3.63, 3.8) is 0 Å². The Morgan fingerprint density at radius 3 is 2.68 bits per heavy atom. The van der Waals surface area contributed by atoms with E-state index >= 15 is 0 Å². The number of aromatic nitrogens is 3. The molecule has 12 heteroatoms. The van der Waals surface area contributed by atoms with E-state index in [9.17, 15) is 22.4 Å². The molecule has 0 bridgehead atoms. The van der Waals surface area contributed by atoms with Crippen LogP contribution in [0.3, 0.4) is 0 Å². The SMILES string of the molecule is C[Si](C)(C)CCOCn1cnc2cc(-c3cncs3)cc(C(=O)NCc3c(F)cccc3C(F)(F)F)c21. The first kappa shape index (κ1) is 27.0. The molecule has 196 valence electrons. The first-order valence-corrected chi connectivity index (χ1v) is 16.1. The number of carbonyl (C=O) groups is 1. The number of rotatable bonds is 9. The van der Waals surface area contributed by atoms with E-state index < -0.39 is 43.6 Å². The third-order valence-corrected chi connectivity index (χ3v) is 8.28. The smallest absolute Gasteiger partial charge is 0.361 e. The van der Waals surface area contributed by atoms with E-state index in [1.807, 2.05) is 6.07 Å². The molecule has 6 nitrogen and oxygen atoms in total. The topological polar surface area (TPSA) is 69.0 Å². The van der Waals surface area contributed by atoms with Crippen molar-refractivity contribution in [2.45, 2.75) is 45.1 Å². The van der Waals surface area contributed by atoms with Gasteiger partial charge in [0, 0.05) is 33.0 Å². The first-order valence-electron chi connectivity index (χ1n) is 11.5. The summed E-state index contributed by atoms with van der Waals surface area (Å²) in [4.78, 5) is 22.6. The van der Waals surface area contributed by atoms with Crippen LogP contribution in [0.1, 0.15) is 21.5 Å². The third kappa shape index (κ3) is 6.43. The van der Waals surface area contributed by atoms with Crippen molar-refractivity contribution in [2.75, 3.05) is 6.61 Å². The van der Waals surface area contributed by atoms with Crippen LogP contribution in [0.4, 0.5) is 17.6 Å². The fourth-order valence-corrected chi connectivity index (χ4v) is 5.16. The quantitative estimate of drug-likeness (QED) is 0.146. The molecule has 0 unspecified atom stereocenters. The lowest BCUT2D eigenvalue weighted by molar-refractivity contribution is -0.138. The predicted molar refractivity (Wildman–Crippen MR) is 138 cm³/mol. The zero-order chi connectivity index (χ0) is 26.8. The van der Waals surface area contributed by atoms with E-state index in [0.717, 1.165) is 29.1 Å². The molecule has 0 spiro atoms. The molecule has 0 aliphatic carbocycles. The highest BCUT2D eigenvalue weighted by Crippen LogP contribution is 2.33. The number of amides is 1. The van der Waals surface area contributed by atoms with E-state index in [4.69, 9.17) is 4.74 Å². The Morgan fingerprint density at radius 2 is 2.00 bits per heavy atom. The van der Waals surface area contributed by atoms with E-state index in [0.29, 0.717) is 23.2 Å². The van der Waals surface area contributed by atoms with Crippen LogP contribution in [0.2, 0.25) is 25.7 Å². The largest absolute Gasteiger partial charge is 0.416 e. The van der Waals surface area contributed by atoms with Crippen LogP contribution in [-0.4, -0.2) is 35.1 Å². The first-order chi connectivity index (χ1) is 17.4. The molecule has 2 heterocycles. The summed E-state index contributed by atoms with van der Waals surface area (Å²) in [5.41, 5.74) is 1.78. The number of nitrogens with one attached hydrogen (secondary N) is 1. The van der Waals surface area contributed by atoms with Crippen LogP contribution >= 0.6 is 11.3 Å². The second-order valence-electron chi connectivity index (χ2n) is 9.77. The Balaban J connectivity index is 1.66. The molecule has 0 saturated carbocycles. The lowest BCUT2D eigenvalue weighted by Crippen LogP contribution is -2.26. The van der Waals surface area contributed by atoms with Gasteiger partial charge in [-0.25, -0.2) is 9.37 Å². The Bertz CT molecular complexity index is 1400. The molecular weight excluding hydrogens is 524 g/mol. The van der Waals surface area contributed by atoms with Crippen LogP contribution in [0.15, 0.2) is 48.4 Å². The molecule has 2 aromatic carbocycles. The number of fused-ring (bicyclic) bond motifs is 1. The lowest BCUT2D eigenvalue weighted by Gasteiger charge is -2.16. The van der Waals surface area contributed by atoms with Crippen LogP contribution in [0.25, 0.3) is 21.5 Å². The lowest BCUT2D eigenvalue weighted by atomic mass is 10.0. The fourth-order valence-electron chi connectivity index (χ4n) is 3.79. The highest BCUT2D eigenvalue weighted by atomic mass is 32.1. The average Bonchev–Trinajstić information content (AvgIpc) is 3.49. The monoisotopic (exact) mass is 550 g/mol. The van der Waals surface area contributed by atoms with Gasteiger partial charge in [-0.2, -0.15) is 13.2 Å². The second kappa shape index (κ2) is 10.7. The summed E-state index contributed by atoms with van der Waals surface area (Å²) in [5, 5.41) is 2.47. The molecule has 37 heavy (non-hydrogen) atoms. The van der Waals surface area contributed by atoms with Gasteiger partial charge in [-0.1, -0.05) is 25.7 Å². The molecular formula is C25H26F4N4O2SSi. The molecule has 0 aliphatic rings. The van der Waals surface area contributed by atoms with Crippen molar-refractivity contribution in [3.8, 4) is 10.4 Å². The van der Waals surface area contributed by atoms with Crippen molar-refractivity contribution in [2.24, 2.45) is 0 Å². The van der Waals surface area contributed by atoms with Crippen molar-refractivity contribution in [1.29, 1.82) is 0 Å².